The minimum atomic E-state index is -0.361. The molecule has 230 valence electrons. The maximum absolute atomic E-state index is 13.7. The molecule has 2 N–H and O–H groups in total. The van der Waals surface area contributed by atoms with E-state index in [9.17, 15) is 9.59 Å². The summed E-state index contributed by atoms with van der Waals surface area (Å²) >= 11 is 0. The van der Waals surface area contributed by atoms with Gasteiger partial charge in [0.1, 0.15) is 0 Å². The number of benzene rings is 1. The zero-order valence-electron chi connectivity index (χ0n) is 25.2. The van der Waals surface area contributed by atoms with Crippen molar-refractivity contribution in [2.45, 2.75) is 32.6 Å². The molecule has 0 unspecified atom stereocenters. The van der Waals surface area contributed by atoms with E-state index in [1.807, 2.05) is 32.2 Å². The Morgan fingerprint density at radius 3 is 2.75 bits per heavy atom. The van der Waals surface area contributed by atoms with Crippen LogP contribution in [0.25, 0.3) is 11.3 Å². The highest BCUT2D eigenvalue weighted by molar-refractivity contribution is 6.19. The van der Waals surface area contributed by atoms with Crippen LogP contribution in [0.1, 0.15) is 41.7 Å². The number of aryl methyl sites for hydroxylation is 2. The first-order valence-electron chi connectivity index (χ1n) is 15.5. The maximum Gasteiger partial charge on any atom is 0.280 e. The topological polar surface area (TPSA) is 126 Å². The second-order valence-corrected chi connectivity index (χ2v) is 12.1. The largest absolute Gasteiger partial charge is 0.477 e. The first-order valence-corrected chi connectivity index (χ1v) is 15.5. The molecule has 3 aromatic rings. The molecule has 1 aromatic carbocycles. The first-order chi connectivity index (χ1) is 21.4. The number of carbonyl (C=O) groups is 2. The Kier molecular flexibility index (Phi) is 7.77. The van der Waals surface area contributed by atoms with Crippen LogP contribution >= 0.6 is 0 Å². The van der Waals surface area contributed by atoms with Crippen LogP contribution in [0.5, 0.6) is 5.88 Å². The van der Waals surface area contributed by atoms with Crippen molar-refractivity contribution in [3.63, 3.8) is 0 Å². The first kappa shape index (κ1) is 28.5. The zero-order valence-corrected chi connectivity index (χ0v) is 25.2. The van der Waals surface area contributed by atoms with Gasteiger partial charge in [-0.25, -0.2) is 4.68 Å². The van der Waals surface area contributed by atoms with Crippen molar-refractivity contribution in [3.8, 4) is 17.1 Å². The number of aliphatic imine (C=N–C) groups is 1. The van der Waals surface area contributed by atoms with Gasteiger partial charge >= 0.3 is 0 Å². The number of nitrogens with one attached hydrogen (secondary N) is 2. The summed E-state index contributed by atoms with van der Waals surface area (Å²) in [5.74, 6) is 1.77. The lowest BCUT2D eigenvalue weighted by atomic mass is 9.97. The van der Waals surface area contributed by atoms with Crippen LogP contribution in [0, 0.1) is 18.8 Å². The van der Waals surface area contributed by atoms with E-state index < -0.39 is 0 Å². The third-order valence-corrected chi connectivity index (χ3v) is 8.78. The Morgan fingerprint density at radius 1 is 1.09 bits per heavy atom. The Hall–Kier alpha value is -4.29. The second kappa shape index (κ2) is 12.0. The van der Waals surface area contributed by atoms with Crippen LogP contribution in [-0.2, 0) is 16.6 Å². The van der Waals surface area contributed by atoms with Crippen LogP contribution in [-0.4, -0.2) is 83.4 Å². The van der Waals surface area contributed by atoms with Crippen molar-refractivity contribution in [2.24, 2.45) is 23.9 Å². The molecule has 0 radical (unpaired) electrons. The number of carbonyl (C=O) groups excluding carboxylic acids is 2. The van der Waals surface area contributed by atoms with Gasteiger partial charge in [0, 0.05) is 43.6 Å². The van der Waals surface area contributed by atoms with E-state index in [0.717, 1.165) is 49.4 Å². The van der Waals surface area contributed by atoms with Gasteiger partial charge < -0.3 is 25.0 Å². The molecule has 2 bridgehead atoms. The average Bonchev–Trinajstić information content (AvgIpc) is 3.71. The molecule has 12 heteroatoms. The fraction of sp³-hybridized carbons (Fsp3) is 0.469. The minimum Gasteiger partial charge on any atom is -0.477 e. The number of amides is 2. The summed E-state index contributed by atoms with van der Waals surface area (Å²) in [5, 5.41) is 10.8. The third-order valence-electron chi connectivity index (χ3n) is 8.78. The summed E-state index contributed by atoms with van der Waals surface area (Å²) in [7, 11) is 1.85. The minimum absolute atomic E-state index is 0.0659. The quantitative estimate of drug-likeness (QED) is 0.463. The Morgan fingerprint density at radius 2 is 1.93 bits per heavy atom. The lowest BCUT2D eigenvalue weighted by Crippen LogP contribution is -2.41. The molecule has 1 atom stereocenters. The van der Waals surface area contributed by atoms with E-state index in [0.29, 0.717) is 72.7 Å². The number of fused-ring (bicyclic) bond motifs is 7. The maximum atomic E-state index is 13.7. The molecule has 7 rings (SSSR count). The normalized spacial score (nSPS) is 21.9. The standard InChI is InChI=1S/C32H38N8O4/c1-20-14-23-15-26(34-20)25-17-33-38(2)31(25)44-11-3-4-22(21-5-6-21)18-40-28-8-7-24(16-27(28)36-32(40)37-30(23)42)35-29(41)19-39-9-12-43-13-10-39/h7-8,14-17,21-22H,3-6,9-13,18-19H2,1-2H3,(H,35,41)(H,36,37,42)/t22-/m1/s1. The van der Waals surface area contributed by atoms with E-state index in [1.165, 1.54) is 12.8 Å². The van der Waals surface area contributed by atoms with Crippen LogP contribution in [0.15, 0.2) is 41.5 Å². The van der Waals surface area contributed by atoms with Crippen molar-refractivity contribution in [1.29, 1.82) is 0 Å². The number of aromatic nitrogens is 3. The van der Waals surface area contributed by atoms with E-state index >= 15 is 0 Å². The summed E-state index contributed by atoms with van der Waals surface area (Å²) in [6, 6.07) is 9.35. The summed E-state index contributed by atoms with van der Waals surface area (Å²) in [6.07, 6.45) is 6.04. The molecule has 2 aromatic heterocycles. The molecule has 1 saturated carbocycles. The van der Waals surface area contributed by atoms with Gasteiger partial charge in [-0.2, -0.15) is 10.1 Å². The van der Waals surface area contributed by atoms with E-state index in [-0.39, 0.29) is 11.8 Å². The van der Waals surface area contributed by atoms with Gasteiger partial charge in [-0.15, -0.1) is 0 Å². The predicted molar refractivity (Wildman–Crippen MR) is 167 cm³/mol. The van der Waals surface area contributed by atoms with Crippen LogP contribution in [0.3, 0.4) is 0 Å². The molecular weight excluding hydrogens is 560 g/mol. The number of ether oxygens (including phenoxy) is 2. The van der Waals surface area contributed by atoms with Crippen LogP contribution in [0.4, 0.5) is 17.1 Å². The van der Waals surface area contributed by atoms with Gasteiger partial charge in [0.15, 0.2) is 0 Å². The number of morpholine rings is 1. The number of anilines is 3. The van der Waals surface area contributed by atoms with Crippen molar-refractivity contribution in [1.82, 2.24) is 19.7 Å². The lowest BCUT2D eigenvalue weighted by Gasteiger charge is -2.26. The molecule has 0 spiro atoms. The highest BCUT2D eigenvalue weighted by atomic mass is 16.5. The zero-order chi connectivity index (χ0) is 30.2. The van der Waals surface area contributed by atoms with Crippen molar-refractivity contribution in [3.05, 3.63) is 47.8 Å². The van der Waals surface area contributed by atoms with E-state index in [4.69, 9.17) is 14.5 Å². The smallest absolute Gasteiger partial charge is 0.280 e. The van der Waals surface area contributed by atoms with Gasteiger partial charge in [-0.3, -0.25) is 19.5 Å². The fourth-order valence-electron chi connectivity index (χ4n) is 6.34. The number of pyridine rings is 1. The van der Waals surface area contributed by atoms with Crippen LogP contribution in [0.2, 0.25) is 0 Å². The van der Waals surface area contributed by atoms with Gasteiger partial charge in [0.05, 0.1) is 55.2 Å². The number of rotatable bonds is 4. The molecule has 5 heterocycles. The van der Waals surface area contributed by atoms with Crippen molar-refractivity contribution < 1.29 is 19.1 Å². The summed E-state index contributed by atoms with van der Waals surface area (Å²) in [4.78, 5) is 40.0. The molecular formula is C32H38N8O4. The van der Waals surface area contributed by atoms with Gasteiger partial charge in [-0.05, 0) is 74.8 Å². The van der Waals surface area contributed by atoms with Crippen molar-refractivity contribution >= 4 is 34.8 Å². The molecule has 1 aliphatic carbocycles. The second-order valence-electron chi connectivity index (χ2n) is 12.1. The van der Waals surface area contributed by atoms with Gasteiger partial charge in [-0.1, -0.05) is 0 Å². The summed E-state index contributed by atoms with van der Waals surface area (Å²) in [6.45, 7) is 6.27. The van der Waals surface area contributed by atoms with E-state index in [2.05, 4.69) is 30.5 Å². The Balaban J connectivity index is 1.20. The molecule has 1 saturated heterocycles. The molecule has 2 amide bonds. The lowest BCUT2D eigenvalue weighted by molar-refractivity contribution is -0.118. The number of nitrogens with zero attached hydrogens (tertiary/aromatic N) is 6. The SMILES string of the molecule is Cc1cc2cc(n1)-c1cnn(C)c1OCCC[C@@H](C1CC1)CN1/C(=N/C2=O)Nc2cc(NC(=O)CN3CCOCC3)ccc21. The predicted octanol–water partition coefficient (Wildman–Crippen LogP) is 3.69. The van der Waals surface area contributed by atoms with Crippen LogP contribution < -0.4 is 20.3 Å². The highest BCUT2D eigenvalue weighted by Gasteiger charge is 2.36. The van der Waals surface area contributed by atoms with Crippen molar-refractivity contribution in [2.75, 3.05) is 61.5 Å². The number of hydrogen-bond acceptors (Lipinski definition) is 9. The average molecular weight is 599 g/mol. The van der Waals surface area contributed by atoms with Gasteiger partial charge in [0.2, 0.25) is 17.7 Å². The third kappa shape index (κ3) is 6.04. The monoisotopic (exact) mass is 598 g/mol. The fourth-order valence-corrected chi connectivity index (χ4v) is 6.34. The Bertz CT molecular complexity index is 1610. The Labute approximate surface area is 256 Å². The molecule has 12 nitrogen and oxygen atoms in total. The number of hydrogen-bond donors (Lipinski definition) is 2. The molecule has 3 aliphatic heterocycles. The molecule has 44 heavy (non-hydrogen) atoms. The summed E-state index contributed by atoms with van der Waals surface area (Å²) in [5.41, 5.74) is 4.97. The summed E-state index contributed by atoms with van der Waals surface area (Å²) < 4.78 is 13.4. The van der Waals surface area contributed by atoms with Gasteiger partial charge in [0.25, 0.3) is 5.91 Å². The highest BCUT2D eigenvalue weighted by Crippen LogP contribution is 2.43. The molecule has 2 fully saturated rings. The van der Waals surface area contributed by atoms with E-state index in [1.54, 1.807) is 23.0 Å². The number of guanidine groups is 1. The molecule has 4 aliphatic rings.